The normalized spacial score (nSPS) is 12.1. The minimum atomic E-state index is -0.394. The monoisotopic (exact) mass is 389 g/mol. The van der Waals surface area contributed by atoms with Crippen molar-refractivity contribution in [2.75, 3.05) is 17.4 Å². The summed E-state index contributed by atoms with van der Waals surface area (Å²) < 4.78 is 6.66. The number of nitrogens with two attached hydrogens (primary N) is 1. The van der Waals surface area contributed by atoms with Crippen molar-refractivity contribution in [1.29, 1.82) is 0 Å². The van der Waals surface area contributed by atoms with Gasteiger partial charge in [0.1, 0.15) is 5.76 Å². The van der Waals surface area contributed by atoms with Crippen LogP contribution in [0.2, 0.25) is 0 Å². The quantitative estimate of drug-likeness (QED) is 0.492. The Morgan fingerprint density at radius 1 is 1.31 bits per heavy atom. The van der Waals surface area contributed by atoms with Crippen LogP contribution in [0.25, 0.3) is 11.4 Å². The van der Waals surface area contributed by atoms with Crippen LogP contribution in [-0.2, 0) is 4.79 Å². The fourth-order valence-corrected chi connectivity index (χ4v) is 3.68. The van der Waals surface area contributed by atoms with E-state index in [0.29, 0.717) is 16.7 Å². The van der Waals surface area contributed by atoms with Crippen molar-refractivity contribution >= 4 is 35.1 Å². The molecule has 9 heteroatoms. The van der Waals surface area contributed by atoms with Gasteiger partial charge in [0.25, 0.3) is 0 Å². The molecule has 0 aliphatic carbocycles. The number of nitrogens with one attached hydrogen (secondary N) is 1. The Labute approximate surface area is 159 Å². The second-order valence-electron chi connectivity index (χ2n) is 5.52. The van der Waals surface area contributed by atoms with Crippen LogP contribution >= 0.6 is 23.5 Å². The van der Waals surface area contributed by atoms with E-state index >= 15 is 0 Å². The van der Waals surface area contributed by atoms with E-state index in [4.69, 9.17) is 10.3 Å². The third kappa shape index (κ3) is 3.73. The van der Waals surface area contributed by atoms with Crippen LogP contribution in [0.15, 0.2) is 51.1 Å². The highest BCUT2D eigenvalue weighted by Crippen LogP contribution is 2.29. The molecule has 0 spiro atoms. The van der Waals surface area contributed by atoms with E-state index in [1.54, 1.807) is 31.0 Å². The summed E-state index contributed by atoms with van der Waals surface area (Å²) in [4.78, 5) is 13.5. The van der Waals surface area contributed by atoms with Crippen molar-refractivity contribution in [2.24, 2.45) is 0 Å². The minimum absolute atomic E-state index is 0.124. The number of aromatic nitrogens is 3. The number of thioether (sulfide) groups is 2. The molecule has 0 aliphatic rings. The molecule has 26 heavy (non-hydrogen) atoms. The molecule has 1 unspecified atom stereocenters. The molecule has 0 saturated heterocycles. The van der Waals surface area contributed by atoms with E-state index in [0.717, 1.165) is 16.1 Å². The van der Waals surface area contributed by atoms with Crippen LogP contribution in [0.5, 0.6) is 0 Å². The number of anilines is 1. The zero-order valence-corrected chi connectivity index (χ0v) is 16.2. The molecule has 3 N–H and O–H groups in total. The third-order valence-electron chi connectivity index (χ3n) is 3.78. The van der Waals surface area contributed by atoms with Crippen LogP contribution in [0, 0.1) is 6.92 Å². The SMILES string of the molecule is CSc1ccccc1NC(=O)C(C)Sc1nnc(-c2ccoc2C)n1N. The van der Waals surface area contributed by atoms with Gasteiger partial charge in [-0.2, -0.15) is 0 Å². The first-order valence-corrected chi connectivity index (χ1v) is 9.97. The summed E-state index contributed by atoms with van der Waals surface area (Å²) in [5.74, 6) is 7.19. The Kier molecular flexibility index (Phi) is 5.58. The van der Waals surface area contributed by atoms with Gasteiger partial charge < -0.3 is 15.6 Å². The van der Waals surface area contributed by atoms with E-state index in [-0.39, 0.29) is 5.91 Å². The number of amides is 1. The molecule has 3 aromatic rings. The lowest BCUT2D eigenvalue weighted by Gasteiger charge is -2.13. The molecule has 0 fully saturated rings. The molecule has 2 aromatic heterocycles. The number of nitrogens with zero attached hydrogens (tertiary/aromatic N) is 3. The highest BCUT2D eigenvalue weighted by atomic mass is 32.2. The molecular formula is C17H19N5O2S2. The maximum Gasteiger partial charge on any atom is 0.237 e. The fraction of sp³-hybridized carbons (Fsp3) is 0.235. The molecule has 0 bridgehead atoms. The Morgan fingerprint density at radius 3 is 2.77 bits per heavy atom. The first-order chi connectivity index (χ1) is 12.5. The molecular weight excluding hydrogens is 370 g/mol. The van der Waals surface area contributed by atoms with Crippen molar-refractivity contribution in [2.45, 2.75) is 29.1 Å². The molecule has 1 amide bonds. The van der Waals surface area contributed by atoms with Gasteiger partial charge in [-0.05, 0) is 38.3 Å². The molecule has 0 aliphatic heterocycles. The van der Waals surface area contributed by atoms with Gasteiger partial charge >= 0.3 is 0 Å². The summed E-state index contributed by atoms with van der Waals surface area (Å²) in [5.41, 5.74) is 1.57. The second kappa shape index (κ2) is 7.88. The van der Waals surface area contributed by atoms with Crippen LogP contribution in [0.3, 0.4) is 0 Å². The van der Waals surface area contributed by atoms with E-state index in [9.17, 15) is 4.79 Å². The van der Waals surface area contributed by atoms with E-state index in [1.165, 1.54) is 16.4 Å². The zero-order chi connectivity index (χ0) is 18.7. The number of para-hydroxylation sites is 1. The Morgan fingerprint density at radius 2 is 2.08 bits per heavy atom. The summed E-state index contributed by atoms with van der Waals surface area (Å²) >= 11 is 2.83. The number of carbonyl (C=O) groups is 1. The highest BCUT2D eigenvalue weighted by molar-refractivity contribution is 8.00. The average molecular weight is 390 g/mol. The van der Waals surface area contributed by atoms with Crippen molar-refractivity contribution in [1.82, 2.24) is 14.9 Å². The van der Waals surface area contributed by atoms with Crippen LogP contribution in [0.1, 0.15) is 12.7 Å². The summed E-state index contributed by atoms with van der Waals surface area (Å²) in [6.45, 7) is 3.63. The van der Waals surface area contributed by atoms with Gasteiger partial charge in [-0.1, -0.05) is 23.9 Å². The Hall–Kier alpha value is -2.39. The number of aryl methyl sites for hydroxylation is 1. The largest absolute Gasteiger partial charge is 0.469 e. The van der Waals surface area contributed by atoms with Crippen molar-refractivity contribution in [3.05, 3.63) is 42.4 Å². The molecule has 0 radical (unpaired) electrons. The van der Waals surface area contributed by atoms with Gasteiger partial charge in [0.05, 0.1) is 22.8 Å². The Bertz CT molecular complexity index is 922. The van der Waals surface area contributed by atoms with Gasteiger partial charge in [-0.15, -0.1) is 22.0 Å². The van der Waals surface area contributed by atoms with Crippen molar-refractivity contribution < 1.29 is 9.21 Å². The summed E-state index contributed by atoms with van der Waals surface area (Å²) in [6, 6.07) is 9.46. The molecule has 2 heterocycles. The van der Waals surface area contributed by atoms with Gasteiger partial charge in [-0.3, -0.25) is 4.79 Å². The summed E-state index contributed by atoms with van der Waals surface area (Å²) in [5, 5.41) is 11.2. The highest BCUT2D eigenvalue weighted by Gasteiger charge is 2.21. The number of benzene rings is 1. The number of carbonyl (C=O) groups excluding carboxylic acids is 1. The number of furan rings is 1. The van der Waals surface area contributed by atoms with Crippen molar-refractivity contribution in [3.63, 3.8) is 0 Å². The average Bonchev–Trinajstić information content (AvgIpc) is 3.21. The van der Waals surface area contributed by atoms with Gasteiger partial charge in [0, 0.05) is 4.90 Å². The van der Waals surface area contributed by atoms with Gasteiger partial charge in [0.15, 0.2) is 5.82 Å². The molecule has 7 nitrogen and oxygen atoms in total. The standard InChI is InChI=1S/C17H19N5O2S2/c1-10-12(8-9-24-10)15-20-21-17(22(15)18)26-11(2)16(23)19-13-6-4-5-7-14(13)25-3/h4-9,11H,18H2,1-3H3,(H,19,23). The predicted octanol–water partition coefficient (Wildman–Crippen LogP) is 3.40. The van der Waals surface area contributed by atoms with Gasteiger partial charge in [-0.25, -0.2) is 4.68 Å². The van der Waals surface area contributed by atoms with Crippen molar-refractivity contribution in [3.8, 4) is 11.4 Å². The molecule has 0 saturated carbocycles. The number of rotatable bonds is 6. The molecule has 1 atom stereocenters. The molecule has 136 valence electrons. The lowest BCUT2D eigenvalue weighted by Crippen LogP contribution is -2.24. The fourth-order valence-electron chi connectivity index (χ4n) is 2.35. The second-order valence-corrected chi connectivity index (χ2v) is 7.67. The minimum Gasteiger partial charge on any atom is -0.469 e. The van der Waals surface area contributed by atoms with Gasteiger partial charge in [0.2, 0.25) is 11.1 Å². The maximum absolute atomic E-state index is 12.5. The Balaban J connectivity index is 1.72. The first kappa shape index (κ1) is 18.4. The van der Waals surface area contributed by atoms with Crippen LogP contribution in [-0.4, -0.2) is 32.3 Å². The molecule has 1 aromatic carbocycles. The third-order valence-corrected chi connectivity index (χ3v) is 5.63. The van der Waals surface area contributed by atoms with Crippen LogP contribution < -0.4 is 11.2 Å². The number of hydrogen-bond acceptors (Lipinski definition) is 7. The number of hydrogen-bond donors (Lipinski definition) is 2. The summed E-state index contributed by atoms with van der Waals surface area (Å²) in [7, 11) is 0. The predicted molar refractivity (Wildman–Crippen MR) is 105 cm³/mol. The van der Waals surface area contributed by atoms with E-state index < -0.39 is 5.25 Å². The number of nitrogen functional groups attached to an aromatic ring is 1. The summed E-state index contributed by atoms with van der Waals surface area (Å²) in [6.07, 6.45) is 3.55. The van der Waals surface area contributed by atoms with E-state index in [2.05, 4.69) is 15.5 Å². The lowest BCUT2D eigenvalue weighted by molar-refractivity contribution is -0.115. The first-order valence-electron chi connectivity index (χ1n) is 7.86. The lowest BCUT2D eigenvalue weighted by atomic mass is 10.2. The smallest absolute Gasteiger partial charge is 0.237 e. The topological polar surface area (TPSA) is 99.0 Å². The zero-order valence-electron chi connectivity index (χ0n) is 14.6. The maximum atomic E-state index is 12.5. The van der Waals surface area contributed by atoms with E-state index in [1.807, 2.05) is 37.4 Å². The van der Waals surface area contributed by atoms with Crippen LogP contribution in [0.4, 0.5) is 5.69 Å². The molecule has 3 rings (SSSR count).